The maximum atomic E-state index is 11.4. The van der Waals surface area contributed by atoms with Gasteiger partial charge in [-0.15, -0.1) is 0 Å². The van der Waals surface area contributed by atoms with Gasteiger partial charge in [-0.2, -0.15) is 0 Å². The fraction of sp³-hybridized carbons (Fsp3) is 0.400. The molecule has 0 fully saturated rings. The minimum Gasteiger partial charge on any atom is -0.392 e. The van der Waals surface area contributed by atoms with E-state index in [0.29, 0.717) is 5.56 Å². The zero-order valence-corrected chi connectivity index (χ0v) is 9.13. The van der Waals surface area contributed by atoms with E-state index >= 15 is 0 Å². The lowest BCUT2D eigenvalue weighted by atomic mass is 10.1. The van der Waals surface area contributed by atoms with Gasteiger partial charge in [0.05, 0.1) is 11.5 Å². The van der Waals surface area contributed by atoms with Crippen molar-refractivity contribution in [3.05, 3.63) is 29.3 Å². The van der Waals surface area contributed by atoms with Gasteiger partial charge >= 0.3 is 0 Å². The van der Waals surface area contributed by atoms with Crippen molar-refractivity contribution in [2.24, 2.45) is 0 Å². The molecule has 1 aromatic rings. The van der Waals surface area contributed by atoms with Gasteiger partial charge in [-0.1, -0.05) is 19.1 Å². The van der Waals surface area contributed by atoms with E-state index in [0.717, 1.165) is 18.2 Å². The second-order valence-electron chi connectivity index (χ2n) is 3.23. The van der Waals surface area contributed by atoms with Gasteiger partial charge in [0.15, 0.2) is 9.84 Å². The molecule has 0 aliphatic heterocycles. The van der Waals surface area contributed by atoms with Crippen LogP contribution in [0, 0.1) is 0 Å². The summed E-state index contributed by atoms with van der Waals surface area (Å²) in [4.78, 5) is 0.236. The third kappa shape index (κ3) is 2.33. The number of hydrogen-bond acceptors (Lipinski definition) is 3. The molecule has 0 aliphatic carbocycles. The Labute approximate surface area is 84.3 Å². The predicted octanol–water partition coefficient (Wildman–Crippen LogP) is 1.14. The van der Waals surface area contributed by atoms with Gasteiger partial charge in [-0.25, -0.2) is 8.42 Å². The zero-order valence-electron chi connectivity index (χ0n) is 8.32. The van der Waals surface area contributed by atoms with Crippen molar-refractivity contribution >= 4 is 9.84 Å². The third-order valence-corrected chi connectivity index (χ3v) is 3.29. The van der Waals surface area contributed by atoms with Crippen LogP contribution in [0.3, 0.4) is 0 Å². The second-order valence-corrected chi connectivity index (χ2v) is 5.21. The molecule has 0 aliphatic rings. The Balaban J connectivity index is 3.37. The molecule has 3 nitrogen and oxygen atoms in total. The third-order valence-electron chi connectivity index (χ3n) is 2.11. The first-order chi connectivity index (χ1) is 6.49. The molecule has 78 valence electrons. The van der Waals surface area contributed by atoms with Gasteiger partial charge in [-0.3, -0.25) is 0 Å². The molecule has 0 atom stereocenters. The van der Waals surface area contributed by atoms with E-state index in [9.17, 15) is 8.42 Å². The smallest absolute Gasteiger partial charge is 0.175 e. The van der Waals surface area contributed by atoms with Crippen LogP contribution >= 0.6 is 0 Å². The van der Waals surface area contributed by atoms with E-state index in [4.69, 9.17) is 5.11 Å². The molecule has 0 saturated heterocycles. The summed E-state index contributed by atoms with van der Waals surface area (Å²) >= 11 is 0. The molecule has 0 spiro atoms. The van der Waals surface area contributed by atoms with Gasteiger partial charge in [0.25, 0.3) is 0 Å². The summed E-state index contributed by atoms with van der Waals surface area (Å²) in [5.41, 5.74) is 1.42. The number of aryl methyl sites for hydroxylation is 1. The van der Waals surface area contributed by atoms with E-state index < -0.39 is 9.84 Å². The summed E-state index contributed by atoms with van der Waals surface area (Å²) in [6.45, 7) is 1.71. The van der Waals surface area contributed by atoms with Crippen LogP contribution in [0.15, 0.2) is 23.1 Å². The maximum absolute atomic E-state index is 11.4. The van der Waals surface area contributed by atoms with Gasteiger partial charge in [-0.05, 0) is 23.6 Å². The van der Waals surface area contributed by atoms with E-state index in [1.165, 1.54) is 0 Å². The van der Waals surface area contributed by atoms with Crippen LogP contribution < -0.4 is 0 Å². The number of benzene rings is 1. The van der Waals surface area contributed by atoms with Crippen LogP contribution in [0.2, 0.25) is 0 Å². The molecule has 4 heteroatoms. The first kappa shape index (κ1) is 11.2. The van der Waals surface area contributed by atoms with Crippen LogP contribution in [0.1, 0.15) is 18.1 Å². The topological polar surface area (TPSA) is 54.4 Å². The number of hydrogen-bond donors (Lipinski definition) is 1. The van der Waals surface area contributed by atoms with Gasteiger partial charge < -0.3 is 5.11 Å². The number of sulfone groups is 1. The van der Waals surface area contributed by atoms with Crippen LogP contribution in [0.25, 0.3) is 0 Å². The quantitative estimate of drug-likeness (QED) is 0.821. The highest BCUT2D eigenvalue weighted by molar-refractivity contribution is 7.90. The summed E-state index contributed by atoms with van der Waals surface area (Å²) in [5.74, 6) is 0. The summed E-state index contributed by atoms with van der Waals surface area (Å²) in [6, 6.07) is 5.12. The molecule has 1 rings (SSSR count). The fourth-order valence-electron chi connectivity index (χ4n) is 1.29. The van der Waals surface area contributed by atoms with Crippen LogP contribution in [-0.2, 0) is 22.9 Å². The highest BCUT2D eigenvalue weighted by Crippen LogP contribution is 2.18. The molecule has 0 aromatic heterocycles. The van der Waals surface area contributed by atoms with Crippen LogP contribution in [0.4, 0.5) is 0 Å². The summed E-state index contributed by atoms with van der Waals surface area (Å²) < 4.78 is 22.7. The van der Waals surface area contributed by atoms with Crippen LogP contribution in [-0.4, -0.2) is 19.8 Å². The zero-order chi connectivity index (χ0) is 10.8. The predicted molar refractivity (Wildman–Crippen MR) is 54.9 cm³/mol. The Bertz CT molecular complexity index is 421. The molecule has 0 amide bonds. The van der Waals surface area contributed by atoms with E-state index in [2.05, 4.69) is 0 Å². The molecule has 0 heterocycles. The Kier molecular flexibility index (Phi) is 3.29. The second kappa shape index (κ2) is 4.11. The lowest BCUT2D eigenvalue weighted by Gasteiger charge is -2.07. The molecule has 0 unspecified atom stereocenters. The van der Waals surface area contributed by atoms with E-state index in [1.807, 2.05) is 13.0 Å². The molecule has 0 radical (unpaired) electrons. The largest absolute Gasteiger partial charge is 0.392 e. The normalized spacial score (nSPS) is 11.6. The molecular formula is C10H14O3S. The fourth-order valence-corrected chi connectivity index (χ4v) is 2.27. The van der Waals surface area contributed by atoms with Crippen molar-refractivity contribution in [1.82, 2.24) is 0 Å². The average Bonchev–Trinajstić information content (AvgIpc) is 2.15. The molecule has 1 aromatic carbocycles. The van der Waals surface area contributed by atoms with Crippen molar-refractivity contribution in [2.75, 3.05) is 6.26 Å². The molecular weight excluding hydrogens is 200 g/mol. The Morgan fingerprint density at radius 2 is 2.00 bits per heavy atom. The van der Waals surface area contributed by atoms with E-state index in [-0.39, 0.29) is 11.5 Å². The van der Waals surface area contributed by atoms with Gasteiger partial charge in [0.2, 0.25) is 0 Å². The lowest BCUT2D eigenvalue weighted by Crippen LogP contribution is -2.03. The maximum Gasteiger partial charge on any atom is 0.175 e. The minimum absolute atomic E-state index is 0.236. The number of rotatable bonds is 3. The monoisotopic (exact) mass is 214 g/mol. The first-order valence-corrected chi connectivity index (χ1v) is 6.31. The van der Waals surface area contributed by atoms with Crippen molar-refractivity contribution in [1.29, 1.82) is 0 Å². The van der Waals surface area contributed by atoms with Crippen LogP contribution in [0.5, 0.6) is 0 Å². The molecule has 14 heavy (non-hydrogen) atoms. The first-order valence-electron chi connectivity index (χ1n) is 4.41. The summed E-state index contributed by atoms with van der Waals surface area (Å²) in [6.07, 6.45) is 1.94. The molecule has 0 bridgehead atoms. The van der Waals surface area contributed by atoms with Crippen molar-refractivity contribution in [2.45, 2.75) is 24.8 Å². The Hall–Kier alpha value is -0.870. The van der Waals surface area contributed by atoms with Gasteiger partial charge in [0.1, 0.15) is 0 Å². The van der Waals surface area contributed by atoms with Crippen molar-refractivity contribution in [3.8, 4) is 0 Å². The summed E-state index contributed by atoms with van der Waals surface area (Å²) in [5, 5.41) is 8.98. The lowest BCUT2D eigenvalue weighted by molar-refractivity contribution is 0.278. The summed E-state index contributed by atoms with van der Waals surface area (Å²) in [7, 11) is -3.24. The van der Waals surface area contributed by atoms with Gasteiger partial charge in [0, 0.05) is 6.26 Å². The SMILES string of the molecule is CCc1ccc(CO)c(S(C)(=O)=O)c1. The Morgan fingerprint density at radius 3 is 2.43 bits per heavy atom. The Morgan fingerprint density at radius 1 is 1.36 bits per heavy atom. The highest BCUT2D eigenvalue weighted by Gasteiger charge is 2.12. The van der Waals surface area contributed by atoms with E-state index in [1.54, 1.807) is 12.1 Å². The molecule has 0 saturated carbocycles. The number of aliphatic hydroxyl groups is 1. The van der Waals surface area contributed by atoms with Crippen molar-refractivity contribution in [3.63, 3.8) is 0 Å². The minimum atomic E-state index is -3.24. The average molecular weight is 214 g/mol. The number of aliphatic hydroxyl groups excluding tert-OH is 1. The highest BCUT2D eigenvalue weighted by atomic mass is 32.2. The standard InChI is InChI=1S/C10H14O3S/c1-3-8-4-5-9(7-11)10(6-8)14(2,12)13/h4-6,11H,3,7H2,1-2H3. The van der Waals surface area contributed by atoms with Crippen molar-refractivity contribution < 1.29 is 13.5 Å². The molecule has 1 N–H and O–H groups in total.